The van der Waals surface area contributed by atoms with E-state index in [0.717, 1.165) is 25.1 Å². The Morgan fingerprint density at radius 1 is 1.47 bits per heavy atom. The van der Waals surface area contributed by atoms with Gasteiger partial charge in [0.25, 0.3) is 0 Å². The molecule has 0 amide bonds. The van der Waals surface area contributed by atoms with E-state index < -0.39 is 10.0 Å². The second kappa shape index (κ2) is 4.80. The fraction of sp³-hybridized carbons (Fsp3) is 0.636. The molecular formula is C11H19N3O2S. The lowest BCUT2D eigenvalue weighted by Crippen LogP contribution is -2.17. The molecule has 0 saturated heterocycles. The van der Waals surface area contributed by atoms with Gasteiger partial charge in [0.1, 0.15) is 0 Å². The van der Waals surface area contributed by atoms with E-state index in [-0.39, 0.29) is 0 Å². The molecule has 1 heterocycles. The van der Waals surface area contributed by atoms with Crippen molar-refractivity contribution in [1.82, 2.24) is 14.6 Å². The van der Waals surface area contributed by atoms with Crippen LogP contribution in [0.5, 0.6) is 0 Å². The standard InChI is InChI=1S/C11H19N3O2S/c1-3-13-7-10-6-11(17(15,16)12-2)8-14(10)9-4-5-9/h6,8-9,12-13H,3-5,7H2,1-2H3. The van der Waals surface area contributed by atoms with Gasteiger partial charge < -0.3 is 9.88 Å². The maximum atomic E-state index is 11.7. The van der Waals surface area contributed by atoms with Gasteiger partial charge in [0.2, 0.25) is 10.0 Å². The average Bonchev–Trinajstić information content (AvgIpc) is 3.06. The lowest BCUT2D eigenvalue weighted by molar-refractivity contribution is 0.587. The summed E-state index contributed by atoms with van der Waals surface area (Å²) in [6, 6.07) is 2.25. The van der Waals surface area contributed by atoms with Gasteiger partial charge in [-0.15, -0.1) is 0 Å². The molecule has 0 radical (unpaired) electrons. The van der Waals surface area contributed by atoms with Gasteiger partial charge in [-0.25, -0.2) is 13.1 Å². The van der Waals surface area contributed by atoms with Crippen LogP contribution in [0.2, 0.25) is 0 Å². The molecule has 1 saturated carbocycles. The topological polar surface area (TPSA) is 63.1 Å². The summed E-state index contributed by atoms with van der Waals surface area (Å²) in [7, 11) is -1.89. The Balaban J connectivity index is 2.30. The van der Waals surface area contributed by atoms with E-state index in [1.165, 1.54) is 7.05 Å². The van der Waals surface area contributed by atoms with Crippen molar-refractivity contribution in [3.05, 3.63) is 18.0 Å². The van der Waals surface area contributed by atoms with Crippen LogP contribution in [0.15, 0.2) is 17.2 Å². The Hall–Kier alpha value is -0.850. The Bertz CT molecular complexity index is 489. The average molecular weight is 257 g/mol. The van der Waals surface area contributed by atoms with Crippen molar-refractivity contribution >= 4 is 10.0 Å². The van der Waals surface area contributed by atoms with Crippen LogP contribution in [-0.2, 0) is 16.6 Å². The van der Waals surface area contributed by atoms with Gasteiger partial charge in [-0.2, -0.15) is 0 Å². The third-order valence-electron chi connectivity index (χ3n) is 2.98. The van der Waals surface area contributed by atoms with E-state index >= 15 is 0 Å². The Morgan fingerprint density at radius 2 is 2.18 bits per heavy atom. The second-order valence-corrected chi connectivity index (χ2v) is 6.18. The highest BCUT2D eigenvalue weighted by Gasteiger charge is 2.27. The number of aromatic nitrogens is 1. The SMILES string of the molecule is CCNCc1cc(S(=O)(=O)NC)cn1C1CC1. The minimum atomic E-state index is -3.33. The highest BCUT2D eigenvalue weighted by molar-refractivity contribution is 7.89. The molecule has 0 aliphatic heterocycles. The predicted octanol–water partition coefficient (Wildman–Crippen LogP) is 0.841. The summed E-state index contributed by atoms with van der Waals surface area (Å²) in [5.41, 5.74) is 1.04. The maximum Gasteiger partial charge on any atom is 0.241 e. The maximum absolute atomic E-state index is 11.7. The van der Waals surface area contributed by atoms with Gasteiger partial charge in [-0.3, -0.25) is 0 Å². The predicted molar refractivity (Wildman–Crippen MR) is 66.3 cm³/mol. The Labute approximate surface area is 102 Å². The molecule has 96 valence electrons. The Kier molecular flexibility index (Phi) is 3.56. The molecule has 1 aromatic heterocycles. The third kappa shape index (κ3) is 2.70. The highest BCUT2D eigenvalue weighted by Crippen LogP contribution is 2.37. The first kappa shape index (κ1) is 12.6. The summed E-state index contributed by atoms with van der Waals surface area (Å²) >= 11 is 0. The van der Waals surface area contributed by atoms with Crippen LogP contribution >= 0.6 is 0 Å². The molecule has 6 heteroatoms. The van der Waals surface area contributed by atoms with Crippen molar-refractivity contribution in [2.24, 2.45) is 0 Å². The molecule has 1 fully saturated rings. The minimum absolute atomic E-state index is 0.361. The fourth-order valence-corrected chi connectivity index (χ4v) is 2.63. The summed E-state index contributed by atoms with van der Waals surface area (Å²) in [6.45, 7) is 3.63. The largest absolute Gasteiger partial charge is 0.346 e. The molecule has 1 aliphatic rings. The van der Waals surface area contributed by atoms with Crippen molar-refractivity contribution in [2.45, 2.75) is 37.2 Å². The zero-order valence-corrected chi connectivity index (χ0v) is 11.0. The monoisotopic (exact) mass is 257 g/mol. The molecule has 5 nitrogen and oxygen atoms in total. The first-order chi connectivity index (χ1) is 8.08. The quantitative estimate of drug-likeness (QED) is 0.794. The van der Waals surface area contributed by atoms with E-state index in [1.54, 1.807) is 12.3 Å². The van der Waals surface area contributed by atoms with Crippen LogP contribution in [-0.4, -0.2) is 26.6 Å². The first-order valence-corrected chi connectivity index (χ1v) is 7.42. The van der Waals surface area contributed by atoms with E-state index in [9.17, 15) is 8.42 Å². The number of hydrogen-bond acceptors (Lipinski definition) is 3. The van der Waals surface area contributed by atoms with Gasteiger partial charge in [0, 0.05) is 24.5 Å². The minimum Gasteiger partial charge on any atom is -0.346 e. The summed E-state index contributed by atoms with van der Waals surface area (Å²) < 4.78 is 27.9. The number of sulfonamides is 1. The van der Waals surface area contributed by atoms with Crippen molar-refractivity contribution in [3.63, 3.8) is 0 Å². The molecule has 0 unspecified atom stereocenters. The van der Waals surface area contributed by atoms with Crippen LogP contribution in [0.4, 0.5) is 0 Å². The molecule has 2 N–H and O–H groups in total. The molecule has 0 spiro atoms. The zero-order valence-electron chi connectivity index (χ0n) is 10.2. The molecular weight excluding hydrogens is 238 g/mol. The van der Waals surface area contributed by atoms with E-state index in [2.05, 4.69) is 14.6 Å². The van der Waals surface area contributed by atoms with Crippen molar-refractivity contribution in [1.29, 1.82) is 0 Å². The van der Waals surface area contributed by atoms with E-state index in [1.807, 2.05) is 6.92 Å². The van der Waals surface area contributed by atoms with E-state index in [0.29, 0.717) is 17.5 Å². The highest BCUT2D eigenvalue weighted by atomic mass is 32.2. The molecule has 1 aliphatic carbocycles. The summed E-state index contributed by atoms with van der Waals surface area (Å²) in [5, 5.41) is 3.23. The summed E-state index contributed by atoms with van der Waals surface area (Å²) in [5.74, 6) is 0. The number of nitrogens with zero attached hydrogens (tertiary/aromatic N) is 1. The van der Waals surface area contributed by atoms with E-state index in [4.69, 9.17) is 0 Å². The van der Waals surface area contributed by atoms with Crippen LogP contribution in [0.25, 0.3) is 0 Å². The van der Waals surface area contributed by atoms with Crippen LogP contribution < -0.4 is 10.0 Å². The zero-order chi connectivity index (χ0) is 12.5. The molecule has 1 aromatic rings. The van der Waals surface area contributed by atoms with Crippen molar-refractivity contribution in [2.75, 3.05) is 13.6 Å². The first-order valence-electron chi connectivity index (χ1n) is 5.93. The Morgan fingerprint density at radius 3 is 2.71 bits per heavy atom. The molecule has 0 atom stereocenters. The summed E-state index contributed by atoms with van der Waals surface area (Å²) in [6.07, 6.45) is 4.04. The van der Waals surface area contributed by atoms with Gasteiger partial charge in [0.15, 0.2) is 0 Å². The van der Waals surface area contributed by atoms with Gasteiger partial charge >= 0.3 is 0 Å². The molecule has 2 rings (SSSR count). The second-order valence-electron chi connectivity index (χ2n) is 4.29. The van der Waals surface area contributed by atoms with Gasteiger partial charge in [0.05, 0.1) is 4.90 Å². The van der Waals surface area contributed by atoms with Crippen LogP contribution in [0, 0.1) is 0 Å². The normalized spacial score (nSPS) is 16.4. The third-order valence-corrected chi connectivity index (χ3v) is 4.36. The fourth-order valence-electron chi connectivity index (χ4n) is 1.85. The van der Waals surface area contributed by atoms with Crippen LogP contribution in [0.3, 0.4) is 0 Å². The number of rotatable bonds is 6. The van der Waals surface area contributed by atoms with Gasteiger partial charge in [-0.1, -0.05) is 6.92 Å². The van der Waals surface area contributed by atoms with Crippen molar-refractivity contribution in [3.8, 4) is 0 Å². The molecule has 17 heavy (non-hydrogen) atoms. The van der Waals surface area contributed by atoms with Gasteiger partial charge in [-0.05, 0) is 32.5 Å². The smallest absolute Gasteiger partial charge is 0.241 e. The van der Waals surface area contributed by atoms with Crippen molar-refractivity contribution < 1.29 is 8.42 Å². The number of hydrogen-bond donors (Lipinski definition) is 2. The summed E-state index contributed by atoms with van der Waals surface area (Å²) in [4.78, 5) is 0.361. The lowest BCUT2D eigenvalue weighted by Gasteiger charge is -2.07. The lowest BCUT2D eigenvalue weighted by atomic mass is 10.4. The number of nitrogens with one attached hydrogen (secondary N) is 2. The molecule has 0 bridgehead atoms. The molecule has 0 aromatic carbocycles. The van der Waals surface area contributed by atoms with Crippen LogP contribution in [0.1, 0.15) is 31.5 Å².